The standard InChI is InChI=1S/C39H44N2O6/c1-5-47-32-19-25(11-14-31(32)42)34-27-12-13-28-33(29(27)20-30-35(43)22(2)23(3)36(44)39(30,34)4)38(46)41(37(28)45)26-15-17-40(18-16-26)21-24-9-7-6-8-10-24/h6-12,14,19,26,28-30,33-34,42H,5,13,15-18,20-21H2,1-4H3/t28-,29+,30-,33-,34-,39+/m0/s1. The number of phenolic OH excluding ortho intramolecular Hbond substituents is 1. The van der Waals surface area contributed by atoms with Gasteiger partial charge in [0, 0.05) is 37.5 Å². The number of hydrogen-bond acceptors (Lipinski definition) is 7. The number of allylic oxidation sites excluding steroid dienone is 4. The van der Waals surface area contributed by atoms with Gasteiger partial charge in [-0.25, -0.2) is 0 Å². The van der Waals surface area contributed by atoms with E-state index in [1.54, 1.807) is 36.9 Å². The summed E-state index contributed by atoms with van der Waals surface area (Å²) < 4.78 is 5.74. The van der Waals surface area contributed by atoms with E-state index in [0.717, 1.165) is 43.6 Å². The molecule has 1 N–H and O–H groups in total. The number of rotatable bonds is 6. The van der Waals surface area contributed by atoms with E-state index in [0.29, 0.717) is 36.3 Å². The Morgan fingerprint density at radius 1 is 0.936 bits per heavy atom. The lowest BCUT2D eigenvalue weighted by Crippen LogP contribution is -2.55. The van der Waals surface area contributed by atoms with Crippen LogP contribution < -0.4 is 4.74 Å². The van der Waals surface area contributed by atoms with Gasteiger partial charge in [-0.2, -0.15) is 0 Å². The van der Waals surface area contributed by atoms with Gasteiger partial charge in [-0.05, 0) is 86.8 Å². The highest BCUT2D eigenvalue weighted by atomic mass is 16.5. The zero-order valence-electron chi connectivity index (χ0n) is 27.7. The number of likely N-dealkylation sites (tertiary alicyclic amines) is 2. The number of aromatic hydroxyl groups is 1. The maximum atomic E-state index is 14.5. The Kier molecular flexibility index (Phi) is 7.98. The first kappa shape index (κ1) is 31.6. The molecule has 47 heavy (non-hydrogen) atoms. The summed E-state index contributed by atoms with van der Waals surface area (Å²) in [6, 6.07) is 15.4. The van der Waals surface area contributed by atoms with E-state index in [1.807, 2.05) is 32.0 Å². The molecule has 1 saturated carbocycles. The summed E-state index contributed by atoms with van der Waals surface area (Å²) in [4.78, 5) is 60.8. The van der Waals surface area contributed by atoms with Crippen molar-refractivity contribution in [1.82, 2.24) is 9.80 Å². The minimum absolute atomic E-state index is 0.00217. The number of Topliss-reactive ketones (excluding diaryl/α,β-unsaturated/α-hetero) is 2. The Labute approximate surface area is 276 Å². The number of carbonyl (C=O) groups is 4. The third kappa shape index (κ3) is 4.90. The van der Waals surface area contributed by atoms with Gasteiger partial charge in [-0.3, -0.25) is 29.0 Å². The first-order valence-electron chi connectivity index (χ1n) is 17.1. The zero-order valence-corrected chi connectivity index (χ0v) is 27.7. The predicted molar refractivity (Wildman–Crippen MR) is 176 cm³/mol. The summed E-state index contributed by atoms with van der Waals surface area (Å²) in [6.45, 7) is 10.0. The Morgan fingerprint density at radius 3 is 2.36 bits per heavy atom. The minimum Gasteiger partial charge on any atom is -0.504 e. The smallest absolute Gasteiger partial charge is 0.233 e. The number of hydrogen-bond donors (Lipinski definition) is 1. The third-order valence-corrected chi connectivity index (χ3v) is 12.0. The number of nitrogens with zero attached hydrogens (tertiary/aromatic N) is 2. The fourth-order valence-corrected chi connectivity index (χ4v) is 9.50. The van der Waals surface area contributed by atoms with Gasteiger partial charge in [-0.15, -0.1) is 0 Å². The van der Waals surface area contributed by atoms with E-state index in [4.69, 9.17) is 4.74 Å². The van der Waals surface area contributed by atoms with Gasteiger partial charge < -0.3 is 9.84 Å². The summed E-state index contributed by atoms with van der Waals surface area (Å²) in [7, 11) is 0. The van der Waals surface area contributed by atoms with Gasteiger partial charge in [0.25, 0.3) is 0 Å². The fourth-order valence-electron chi connectivity index (χ4n) is 9.50. The number of fused-ring (bicyclic) bond motifs is 4. The highest BCUT2D eigenvalue weighted by Crippen LogP contribution is 2.63. The molecule has 8 heteroatoms. The summed E-state index contributed by atoms with van der Waals surface area (Å²) in [5, 5.41) is 10.5. The van der Waals surface area contributed by atoms with Crippen LogP contribution in [0.4, 0.5) is 0 Å². The SMILES string of the molecule is CCOc1cc([C@H]2C3=CC[C@@H]4C(=O)N(C5CCN(Cc6ccccc6)CC5)C(=O)[C@@H]4[C@@H]3C[C@H]3C(=O)C(C)=C(C)C(=O)[C@@]23C)ccc1O. The molecular formula is C39H44N2O6. The fraction of sp³-hybridized carbons (Fsp3) is 0.487. The largest absolute Gasteiger partial charge is 0.504 e. The molecule has 2 heterocycles. The van der Waals surface area contributed by atoms with E-state index in [-0.39, 0.29) is 41.1 Å². The molecule has 2 aromatic rings. The highest BCUT2D eigenvalue weighted by Gasteiger charge is 2.64. The molecule has 246 valence electrons. The molecule has 6 atom stereocenters. The monoisotopic (exact) mass is 636 g/mol. The molecule has 3 fully saturated rings. The number of carbonyl (C=O) groups excluding carboxylic acids is 4. The highest BCUT2D eigenvalue weighted by molar-refractivity contribution is 6.16. The van der Waals surface area contributed by atoms with Gasteiger partial charge in [0.15, 0.2) is 23.1 Å². The van der Waals surface area contributed by atoms with Crippen LogP contribution >= 0.6 is 0 Å². The van der Waals surface area contributed by atoms with E-state index >= 15 is 0 Å². The predicted octanol–water partition coefficient (Wildman–Crippen LogP) is 5.60. The minimum atomic E-state index is -1.08. The molecule has 5 aliphatic rings. The number of amides is 2. The quantitative estimate of drug-likeness (QED) is 0.325. The van der Waals surface area contributed by atoms with Crippen molar-refractivity contribution in [2.24, 2.45) is 29.1 Å². The van der Waals surface area contributed by atoms with Crippen molar-refractivity contribution in [2.45, 2.75) is 71.9 Å². The summed E-state index contributed by atoms with van der Waals surface area (Å²) in [6.07, 6.45) is 4.34. The molecule has 0 unspecified atom stereocenters. The van der Waals surface area contributed by atoms with E-state index < -0.39 is 29.1 Å². The number of imide groups is 1. The molecule has 0 aromatic heterocycles. The van der Waals surface area contributed by atoms with Gasteiger partial charge in [0.05, 0.1) is 23.9 Å². The second-order valence-electron chi connectivity index (χ2n) is 14.3. The number of benzene rings is 2. The van der Waals surface area contributed by atoms with Crippen LogP contribution in [0, 0.1) is 29.1 Å². The molecule has 2 aromatic carbocycles. The molecule has 0 radical (unpaired) electrons. The Bertz CT molecular complexity index is 1700. The van der Waals surface area contributed by atoms with Crippen LogP contribution in [0.25, 0.3) is 0 Å². The zero-order chi connectivity index (χ0) is 33.2. The maximum Gasteiger partial charge on any atom is 0.233 e. The van der Waals surface area contributed by atoms with E-state index in [9.17, 15) is 24.3 Å². The molecule has 0 spiro atoms. The Hall–Kier alpha value is -4.04. The molecule has 2 amide bonds. The van der Waals surface area contributed by atoms with Crippen molar-refractivity contribution in [3.63, 3.8) is 0 Å². The van der Waals surface area contributed by atoms with Crippen molar-refractivity contribution in [1.29, 1.82) is 0 Å². The van der Waals surface area contributed by atoms with Gasteiger partial charge >= 0.3 is 0 Å². The Balaban J connectivity index is 1.22. The average molecular weight is 637 g/mol. The summed E-state index contributed by atoms with van der Waals surface area (Å²) >= 11 is 0. The maximum absolute atomic E-state index is 14.5. The number of ether oxygens (including phenoxy) is 1. The number of ketones is 2. The molecule has 2 saturated heterocycles. The first-order valence-corrected chi connectivity index (χ1v) is 17.1. The normalized spacial score (nSPS) is 31.4. The second-order valence-corrected chi connectivity index (χ2v) is 14.3. The van der Waals surface area contributed by atoms with Crippen molar-refractivity contribution in [3.05, 3.63) is 82.5 Å². The molecule has 0 bridgehead atoms. The van der Waals surface area contributed by atoms with E-state index in [2.05, 4.69) is 23.1 Å². The molecule has 8 nitrogen and oxygen atoms in total. The molecule has 3 aliphatic carbocycles. The molecule has 7 rings (SSSR count). The molecular weight excluding hydrogens is 592 g/mol. The lowest BCUT2D eigenvalue weighted by atomic mass is 9.46. The topological polar surface area (TPSA) is 104 Å². The van der Waals surface area contributed by atoms with Gasteiger partial charge in [-0.1, -0.05) is 55.0 Å². The summed E-state index contributed by atoms with van der Waals surface area (Å²) in [5.74, 6) is -2.53. The Morgan fingerprint density at radius 2 is 1.66 bits per heavy atom. The van der Waals surface area contributed by atoms with Crippen LogP contribution in [0.1, 0.15) is 70.4 Å². The van der Waals surface area contributed by atoms with Crippen molar-refractivity contribution < 1.29 is 29.0 Å². The van der Waals surface area contributed by atoms with Gasteiger partial charge in [0.2, 0.25) is 11.8 Å². The molecule has 2 aliphatic heterocycles. The lowest BCUT2D eigenvalue weighted by molar-refractivity contribution is -0.145. The van der Waals surface area contributed by atoms with Crippen LogP contribution in [0.2, 0.25) is 0 Å². The second kappa shape index (κ2) is 11.9. The third-order valence-electron chi connectivity index (χ3n) is 12.0. The van der Waals surface area contributed by atoms with Crippen LogP contribution in [-0.4, -0.2) is 64.0 Å². The van der Waals surface area contributed by atoms with Crippen LogP contribution in [0.3, 0.4) is 0 Å². The van der Waals surface area contributed by atoms with Crippen molar-refractivity contribution >= 4 is 23.4 Å². The average Bonchev–Trinajstić information content (AvgIpc) is 3.33. The summed E-state index contributed by atoms with van der Waals surface area (Å²) in [5.41, 5.74) is 2.85. The van der Waals surface area contributed by atoms with Crippen molar-refractivity contribution in [3.8, 4) is 11.5 Å². The first-order chi connectivity index (χ1) is 22.6. The number of piperidine rings is 1. The van der Waals surface area contributed by atoms with Crippen molar-refractivity contribution in [2.75, 3.05) is 19.7 Å². The van der Waals surface area contributed by atoms with Gasteiger partial charge in [0.1, 0.15) is 0 Å². The van der Waals surface area contributed by atoms with Crippen LogP contribution in [-0.2, 0) is 25.7 Å². The lowest BCUT2D eigenvalue weighted by Gasteiger charge is -2.54. The number of phenols is 1. The van der Waals surface area contributed by atoms with E-state index in [1.165, 1.54) is 5.56 Å². The van der Waals surface area contributed by atoms with Crippen LogP contribution in [0.5, 0.6) is 11.5 Å². The van der Waals surface area contributed by atoms with Crippen LogP contribution in [0.15, 0.2) is 71.3 Å².